The van der Waals surface area contributed by atoms with Crippen molar-refractivity contribution >= 4 is 12.6 Å². The Morgan fingerprint density at radius 2 is 1.69 bits per heavy atom. The fourth-order valence-electron chi connectivity index (χ4n) is 1.74. The minimum absolute atomic E-state index is 0.0864. The molecule has 0 spiro atoms. The number of phenolic OH excluding ortho intramolecular Hbond substituents is 2. The largest absolute Gasteiger partial charge is 0.504 e. The maximum Gasteiger partial charge on any atom is 0.161 e. The molecule has 2 aromatic rings. The zero-order valence-electron chi connectivity index (χ0n) is 8.81. The van der Waals surface area contributed by atoms with Crippen LogP contribution in [0.5, 0.6) is 11.5 Å². The van der Waals surface area contributed by atoms with Crippen molar-refractivity contribution in [2.45, 2.75) is 11.8 Å². The Balaban J connectivity index is 2.71. The van der Waals surface area contributed by atoms with E-state index in [1.165, 1.54) is 6.07 Å². The lowest BCUT2D eigenvalue weighted by Gasteiger charge is -2.12. The first-order chi connectivity index (χ1) is 7.61. The van der Waals surface area contributed by atoms with Gasteiger partial charge in [-0.05, 0) is 18.6 Å². The average molecular weight is 232 g/mol. The minimum Gasteiger partial charge on any atom is -0.504 e. The normalized spacial score (nSPS) is 10.4. The molecule has 0 aliphatic heterocycles. The summed E-state index contributed by atoms with van der Waals surface area (Å²) in [4.78, 5) is 0.652. The zero-order chi connectivity index (χ0) is 11.7. The fourth-order valence-corrected chi connectivity index (χ4v) is 2.16. The molecule has 0 saturated heterocycles. The molecule has 2 N–H and O–H groups in total. The van der Waals surface area contributed by atoms with Crippen molar-refractivity contribution in [2.24, 2.45) is 0 Å². The summed E-state index contributed by atoms with van der Waals surface area (Å²) in [5, 5.41) is 19.1. The third-order valence-electron chi connectivity index (χ3n) is 2.56. The van der Waals surface area contributed by atoms with E-state index in [9.17, 15) is 10.2 Å². The summed E-state index contributed by atoms with van der Waals surface area (Å²) in [6.07, 6.45) is 0. The summed E-state index contributed by atoms with van der Waals surface area (Å²) in [7, 11) is 0. The molecule has 0 atom stereocenters. The molecule has 0 radical (unpaired) electrons. The molecule has 3 heteroatoms. The number of aromatic hydroxyl groups is 2. The Bertz CT molecular complexity index is 521. The van der Waals surface area contributed by atoms with Crippen LogP contribution in [0.1, 0.15) is 5.56 Å². The summed E-state index contributed by atoms with van der Waals surface area (Å²) >= 11 is 4.32. The van der Waals surface area contributed by atoms with Gasteiger partial charge in [0.05, 0.1) is 0 Å². The van der Waals surface area contributed by atoms with Crippen molar-refractivity contribution in [1.82, 2.24) is 0 Å². The molecule has 2 rings (SSSR count). The summed E-state index contributed by atoms with van der Waals surface area (Å²) < 4.78 is 0. The second-order valence-electron chi connectivity index (χ2n) is 3.63. The quantitative estimate of drug-likeness (QED) is 0.521. The molecule has 0 aliphatic rings. The molecule has 0 bridgehead atoms. The first-order valence-electron chi connectivity index (χ1n) is 4.91. The molecule has 0 saturated carbocycles. The Hall–Kier alpha value is -1.61. The van der Waals surface area contributed by atoms with Crippen molar-refractivity contribution in [3.8, 4) is 22.6 Å². The van der Waals surface area contributed by atoms with Crippen molar-refractivity contribution in [2.75, 3.05) is 0 Å². The van der Waals surface area contributed by atoms with Crippen LogP contribution >= 0.6 is 12.6 Å². The van der Waals surface area contributed by atoms with Crippen LogP contribution in [0.15, 0.2) is 41.3 Å². The van der Waals surface area contributed by atoms with E-state index < -0.39 is 0 Å². The zero-order valence-corrected chi connectivity index (χ0v) is 9.70. The molecule has 0 amide bonds. The SMILES string of the molecule is Cc1c(O)c(O)cc(S)c1-c1ccccc1. The van der Waals surface area contributed by atoms with Gasteiger partial charge < -0.3 is 10.2 Å². The van der Waals surface area contributed by atoms with Gasteiger partial charge in [0, 0.05) is 16.0 Å². The summed E-state index contributed by atoms with van der Waals surface area (Å²) in [6, 6.07) is 11.1. The van der Waals surface area contributed by atoms with Gasteiger partial charge in [0.2, 0.25) is 0 Å². The number of phenols is 2. The Morgan fingerprint density at radius 1 is 1.06 bits per heavy atom. The molecular formula is C13H12O2S. The Labute approximate surface area is 99.6 Å². The summed E-state index contributed by atoms with van der Waals surface area (Å²) in [5.41, 5.74) is 2.45. The van der Waals surface area contributed by atoms with E-state index in [-0.39, 0.29) is 11.5 Å². The number of rotatable bonds is 1. The van der Waals surface area contributed by atoms with Crippen LogP contribution in [0.2, 0.25) is 0 Å². The molecule has 0 fully saturated rings. The summed E-state index contributed by atoms with van der Waals surface area (Å²) in [5.74, 6) is -0.223. The first kappa shape index (κ1) is 10.9. The second kappa shape index (κ2) is 4.10. The molecule has 0 aromatic heterocycles. The van der Waals surface area contributed by atoms with Crippen molar-refractivity contribution in [1.29, 1.82) is 0 Å². The van der Waals surface area contributed by atoms with Gasteiger partial charge in [0.15, 0.2) is 11.5 Å². The van der Waals surface area contributed by atoms with Gasteiger partial charge in [-0.2, -0.15) is 0 Å². The van der Waals surface area contributed by atoms with Crippen molar-refractivity contribution < 1.29 is 10.2 Å². The van der Waals surface area contributed by atoms with E-state index in [0.29, 0.717) is 10.5 Å². The molecule has 0 unspecified atom stereocenters. The maximum atomic E-state index is 9.69. The number of hydrogen-bond acceptors (Lipinski definition) is 3. The predicted molar refractivity (Wildman–Crippen MR) is 67.2 cm³/mol. The van der Waals surface area contributed by atoms with E-state index in [2.05, 4.69) is 12.6 Å². The molecule has 2 nitrogen and oxygen atoms in total. The number of hydrogen-bond donors (Lipinski definition) is 3. The van der Waals surface area contributed by atoms with Crippen LogP contribution in [-0.2, 0) is 0 Å². The maximum absolute atomic E-state index is 9.69. The third kappa shape index (κ3) is 1.74. The van der Waals surface area contributed by atoms with Gasteiger partial charge in [-0.1, -0.05) is 30.3 Å². The van der Waals surface area contributed by atoms with Crippen LogP contribution in [0.3, 0.4) is 0 Å². The third-order valence-corrected chi connectivity index (χ3v) is 2.92. The van der Waals surface area contributed by atoms with Crippen LogP contribution in [0.25, 0.3) is 11.1 Å². The lowest BCUT2D eigenvalue weighted by atomic mass is 9.99. The van der Waals surface area contributed by atoms with Gasteiger partial charge >= 0.3 is 0 Å². The first-order valence-corrected chi connectivity index (χ1v) is 5.36. The van der Waals surface area contributed by atoms with Gasteiger partial charge in [0.25, 0.3) is 0 Å². The molecule has 0 heterocycles. The van der Waals surface area contributed by atoms with E-state index in [4.69, 9.17) is 0 Å². The number of thiol groups is 1. The van der Waals surface area contributed by atoms with E-state index in [1.54, 1.807) is 6.92 Å². The summed E-state index contributed by atoms with van der Waals surface area (Å²) in [6.45, 7) is 1.76. The van der Waals surface area contributed by atoms with Crippen LogP contribution < -0.4 is 0 Å². The van der Waals surface area contributed by atoms with E-state index in [0.717, 1.165) is 11.1 Å². The molecular weight excluding hydrogens is 220 g/mol. The van der Waals surface area contributed by atoms with E-state index in [1.807, 2.05) is 30.3 Å². The number of benzene rings is 2. The van der Waals surface area contributed by atoms with Crippen molar-refractivity contribution in [3.63, 3.8) is 0 Å². The van der Waals surface area contributed by atoms with Gasteiger partial charge in [-0.25, -0.2) is 0 Å². The van der Waals surface area contributed by atoms with Crippen molar-refractivity contribution in [3.05, 3.63) is 42.0 Å². The lowest BCUT2D eigenvalue weighted by Crippen LogP contribution is -1.87. The van der Waals surface area contributed by atoms with Crippen LogP contribution in [-0.4, -0.2) is 10.2 Å². The van der Waals surface area contributed by atoms with Gasteiger partial charge in [0.1, 0.15) is 0 Å². The Kier molecular flexibility index (Phi) is 2.79. The monoisotopic (exact) mass is 232 g/mol. The van der Waals surface area contributed by atoms with Gasteiger partial charge in [-0.15, -0.1) is 12.6 Å². The highest BCUT2D eigenvalue weighted by molar-refractivity contribution is 7.80. The fraction of sp³-hybridized carbons (Fsp3) is 0.0769. The molecule has 16 heavy (non-hydrogen) atoms. The standard InChI is InChI=1S/C13H12O2S/c1-8-12(9-5-3-2-4-6-9)11(16)7-10(14)13(8)15/h2-7,14-16H,1H3. The molecule has 0 aliphatic carbocycles. The topological polar surface area (TPSA) is 40.5 Å². The van der Waals surface area contributed by atoms with Crippen LogP contribution in [0, 0.1) is 6.92 Å². The molecule has 2 aromatic carbocycles. The highest BCUT2D eigenvalue weighted by Crippen LogP contribution is 2.40. The van der Waals surface area contributed by atoms with Gasteiger partial charge in [-0.3, -0.25) is 0 Å². The highest BCUT2D eigenvalue weighted by Gasteiger charge is 2.13. The Morgan fingerprint density at radius 3 is 2.31 bits per heavy atom. The highest BCUT2D eigenvalue weighted by atomic mass is 32.1. The second-order valence-corrected chi connectivity index (χ2v) is 4.11. The van der Waals surface area contributed by atoms with E-state index >= 15 is 0 Å². The minimum atomic E-state index is -0.137. The molecule has 82 valence electrons. The smallest absolute Gasteiger partial charge is 0.161 e. The average Bonchev–Trinajstić information content (AvgIpc) is 2.28. The van der Waals surface area contributed by atoms with Crippen LogP contribution in [0.4, 0.5) is 0 Å². The lowest BCUT2D eigenvalue weighted by molar-refractivity contribution is 0.400. The predicted octanol–water partition coefficient (Wildman–Crippen LogP) is 3.36.